The molecule has 0 saturated carbocycles. The van der Waals surface area contributed by atoms with Crippen molar-refractivity contribution >= 4 is 11.3 Å². The summed E-state index contributed by atoms with van der Waals surface area (Å²) in [6.45, 7) is 7.91. The van der Waals surface area contributed by atoms with Crippen molar-refractivity contribution in [1.82, 2.24) is 20.4 Å². The van der Waals surface area contributed by atoms with E-state index in [2.05, 4.69) is 44.9 Å². The minimum absolute atomic E-state index is 0.288. The first-order valence-corrected chi connectivity index (χ1v) is 8.35. The SMILES string of the molecule is CCN1CCO[C@@H](CNCc2cn[nH]c2-c2cccs2)C1. The molecule has 3 heterocycles. The number of nitrogens with zero attached hydrogens (tertiary/aromatic N) is 2. The van der Waals surface area contributed by atoms with E-state index in [1.54, 1.807) is 11.3 Å². The van der Waals surface area contributed by atoms with Crippen LogP contribution >= 0.6 is 11.3 Å². The van der Waals surface area contributed by atoms with E-state index >= 15 is 0 Å². The lowest BCUT2D eigenvalue weighted by atomic mass is 10.2. The van der Waals surface area contributed by atoms with Crippen molar-refractivity contribution in [2.75, 3.05) is 32.8 Å². The molecule has 2 aromatic heterocycles. The van der Waals surface area contributed by atoms with Gasteiger partial charge in [0.25, 0.3) is 0 Å². The molecular formula is C15H22N4OS. The molecule has 0 bridgehead atoms. The Morgan fingerprint density at radius 3 is 3.33 bits per heavy atom. The number of nitrogens with one attached hydrogen (secondary N) is 2. The third-order valence-electron chi connectivity index (χ3n) is 3.84. The molecule has 0 amide bonds. The molecule has 0 aliphatic carbocycles. The van der Waals surface area contributed by atoms with Gasteiger partial charge in [0.05, 0.1) is 29.5 Å². The summed E-state index contributed by atoms with van der Waals surface area (Å²) in [5.41, 5.74) is 2.33. The van der Waals surface area contributed by atoms with Gasteiger partial charge in [-0.3, -0.25) is 10.00 Å². The van der Waals surface area contributed by atoms with Crippen LogP contribution in [-0.4, -0.2) is 54.0 Å². The van der Waals surface area contributed by atoms with Crippen LogP contribution in [0.5, 0.6) is 0 Å². The molecule has 1 saturated heterocycles. The first kappa shape index (κ1) is 14.7. The highest BCUT2D eigenvalue weighted by molar-refractivity contribution is 7.13. The van der Waals surface area contributed by atoms with Gasteiger partial charge in [0, 0.05) is 31.7 Å². The third-order valence-corrected chi connectivity index (χ3v) is 4.73. The van der Waals surface area contributed by atoms with Crippen LogP contribution < -0.4 is 5.32 Å². The average Bonchev–Trinajstić information content (AvgIpc) is 3.18. The van der Waals surface area contributed by atoms with Gasteiger partial charge in [-0.15, -0.1) is 11.3 Å². The van der Waals surface area contributed by atoms with E-state index in [4.69, 9.17) is 4.74 Å². The summed E-state index contributed by atoms with van der Waals surface area (Å²) >= 11 is 1.73. The number of rotatable bonds is 6. The minimum Gasteiger partial charge on any atom is -0.374 e. The Morgan fingerprint density at radius 2 is 2.52 bits per heavy atom. The Labute approximate surface area is 129 Å². The molecule has 2 N–H and O–H groups in total. The van der Waals surface area contributed by atoms with Crippen LogP contribution in [-0.2, 0) is 11.3 Å². The van der Waals surface area contributed by atoms with Crippen LogP contribution in [0.3, 0.4) is 0 Å². The Hall–Kier alpha value is -1.21. The van der Waals surface area contributed by atoms with Crippen molar-refractivity contribution < 1.29 is 4.74 Å². The number of aromatic nitrogens is 2. The predicted molar refractivity (Wildman–Crippen MR) is 85.5 cm³/mol. The lowest BCUT2D eigenvalue weighted by molar-refractivity contribution is -0.0253. The van der Waals surface area contributed by atoms with Crippen molar-refractivity contribution in [2.24, 2.45) is 0 Å². The fourth-order valence-corrected chi connectivity index (χ4v) is 3.39. The molecule has 6 heteroatoms. The fraction of sp³-hybridized carbons (Fsp3) is 0.533. The molecule has 1 atom stereocenters. The Morgan fingerprint density at radius 1 is 1.57 bits per heavy atom. The number of hydrogen-bond donors (Lipinski definition) is 2. The van der Waals surface area contributed by atoms with E-state index in [1.807, 2.05) is 6.20 Å². The van der Waals surface area contributed by atoms with Gasteiger partial charge in [0.15, 0.2) is 0 Å². The lowest BCUT2D eigenvalue weighted by Gasteiger charge is -2.32. The predicted octanol–water partition coefficient (Wildman–Crippen LogP) is 1.95. The van der Waals surface area contributed by atoms with Gasteiger partial charge < -0.3 is 10.1 Å². The normalized spacial score (nSPS) is 20.0. The van der Waals surface area contributed by atoms with E-state index in [0.29, 0.717) is 0 Å². The number of ether oxygens (including phenoxy) is 1. The average molecular weight is 306 g/mol. The van der Waals surface area contributed by atoms with Crippen molar-refractivity contribution in [3.8, 4) is 10.6 Å². The highest BCUT2D eigenvalue weighted by Crippen LogP contribution is 2.25. The highest BCUT2D eigenvalue weighted by Gasteiger charge is 2.19. The summed E-state index contributed by atoms with van der Waals surface area (Å²) in [6, 6.07) is 4.18. The van der Waals surface area contributed by atoms with Crippen molar-refractivity contribution in [3.05, 3.63) is 29.3 Å². The second-order valence-corrected chi connectivity index (χ2v) is 6.21. The van der Waals surface area contributed by atoms with Crippen molar-refractivity contribution in [2.45, 2.75) is 19.6 Å². The maximum Gasteiger partial charge on any atom is 0.0826 e. The van der Waals surface area contributed by atoms with E-state index in [1.165, 1.54) is 10.4 Å². The Balaban J connectivity index is 1.51. The quantitative estimate of drug-likeness (QED) is 0.856. The zero-order chi connectivity index (χ0) is 14.5. The molecule has 0 radical (unpaired) electrons. The van der Waals surface area contributed by atoms with E-state index in [9.17, 15) is 0 Å². The fourth-order valence-electron chi connectivity index (χ4n) is 2.64. The van der Waals surface area contributed by atoms with Gasteiger partial charge in [-0.1, -0.05) is 13.0 Å². The number of thiophene rings is 1. The van der Waals surface area contributed by atoms with Crippen LogP contribution in [0.4, 0.5) is 0 Å². The number of hydrogen-bond acceptors (Lipinski definition) is 5. The molecule has 1 aliphatic rings. The van der Waals surface area contributed by atoms with Crippen molar-refractivity contribution in [3.63, 3.8) is 0 Å². The van der Waals surface area contributed by atoms with Gasteiger partial charge in [-0.05, 0) is 18.0 Å². The van der Waals surface area contributed by atoms with E-state index in [-0.39, 0.29) is 6.10 Å². The Kier molecular flexibility index (Phi) is 5.03. The third kappa shape index (κ3) is 3.71. The topological polar surface area (TPSA) is 53.2 Å². The standard InChI is InChI=1S/C15H22N4OS/c1-2-19-5-6-20-13(11-19)10-16-8-12-9-17-18-15(12)14-4-3-7-21-14/h3-4,7,9,13,16H,2,5-6,8,10-11H2,1H3,(H,17,18)/t13-/m0/s1. The summed E-state index contributed by atoms with van der Waals surface area (Å²) in [4.78, 5) is 3.67. The first-order chi connectivity index (χ1) is 10.4. The van der Waals surface area contributed by atoms with Crippen molar-refractivity contribution in [1.29, 1.82) is 0 Å². The molecule has 1 fully saturated rings. The van der Waals surface area contributed by atoms with Crippen LogP contribution in [0.15, 0.2) is 23.7 Å². The first-order valence-electron chi connectivity index (χ1n) is 7.47. The number of likely N-dealkylation sites (N-methyl/N-ethyl adjacent to an activating group) is 1. The molecular weight excluding hydrogens is 284 g/mol. The minimum atomic E-state index is 0.288. The molecule has 0 spiro atoms. The molecule has 0 aromatic carbocycles. The monoisotopic (exact) mass is 306 g/mol. The van der Waals surface area contributed by atoms with Gasteiger partial charge in [-0.2, -0.15) is 5.10 Å². The Bertz CT molecular complexity index is 540. The zero-order valence-corrected chi connectivity index (χ0v) is 13.2. The number of H-pyrrole nitrogens is 1. The van der Waals surface area contributed by atoms with Crippen LogP contribution in [0.1, 0.15) is 12.5 Å². The maximum atomic E-state index is 5.81. The molecule has 3 rings (SSSR count). The van der Waals surface area contributed by atoms with Gasteiger partial charge in [0.1, 0.15) is 0 Å². The lowest BCUT2D eigenvalue weighted by Crippen LogP contribution is -2.46. The summed E-state index contributed by atoms with van der Waals surface area (Å²) in [5, 5.41) is 12.8. The van der Waals surface area contributed by atoms with Gasteiger partial charge in [-0.25, -0.2) is 0 Å². The summed E-state index contributed by atoms with van der Waals surface area (Å²) in [6.07, 6.45) is 2.19. The smallest absolute Gasteiger partial charge is 0.0826 e. The second-order valence-electron chi connectivity index (χ2n) is 5.26. The van der Waals surface area contributed by atoms with Crippen LogP contribution in [0.2, 0.25) is 0 Å². The van der Waals surface area contributed by atoms with Crippen LogP contribution in [0.25, 0.3) is 10.6 Å². The molecule has 2 aromatic rings. The highest BCUT2D eigenvalue weighted by atomic mass is 32.1. The molecule has 21 heavy (non-hydrogen) atoms. The molecule has 5 nitrogen and oxygen atoms in total. The summed E-state index contributed by atoms with van der Waals surface area (Å²) in [7, 11) is 0. The van der Waals surface area contributed by atoms with Gasteiger partial charge in [0.2, 0.25) is 0 Å². The molecule has 114 valence electrons. The number of aromatic amines is 1. The summed E-state index contributed by atoms with van der Waals surface area (Å²) < 4.78 is 5.81. The molecule has 0 unspecified atom stereocenters. The maximum absolute atomic E-state index is 5.81. The second kappa shape index (κ2) is 7.17. The molecule has 1 aliphatic heterocycles. The van der Waals surface area contributed by atoms with Crippen LogP contribution in [0, 0.1) is 0 Å². The zero-order valence-electron chi connectivity index (χ0n) is 12.3. The summed E-state index contributed by atoms with van der Waals surface area (Å²) in [5.74, 6) is 0. The van der Waals surface area contributed by atoms with E-state index in [0.717, 1.165) is 45.0 Å². The largest absolute Gasteiger partial charge is 0.374 e. The van der Waals surface area contributed by atoms with E-state index < -0.39 is 0 Å². The van der Waals surface area contributed by atoms with Gasteiger partial charge >= 0.3 is 0 Å². The number of morpholine rings is 1.